The van der Waals surface area contributed by atoms with E-state index in [9.17, 15) is 9.59 Å². The molecule has 3 N–H and O–H groups in total. The van der Waals surface area contributed by atoms with E-state index in [1.54, 1.807) is 20.2 Å². The van der Waals surface area contributed by atoms with Gasteiger partial charge in [0.15, 0.2) is 6.61 Å². The summed E-state index contributed by atoms with van der Waals surface area (Å²) in [5.41, 5.74) is 6.26. The molecule has 22 heavy (non-hydrogen) atoms. The van der Waals surface area contributed by atoms with Crippen molar-refractivity contribution in [1.29, 1.82) is 0 Å². The van der Waals surface area contributed by atoms with Gasteiger partial charge in [-0.25, -0.2) is 0 Å². The van der Waals surface area contributed by atoms with E-state index in [1.165, 1.54) is 4.90 Å². The van der Waals surface area contributed by atoms with Crippen LogP contribution in [0.2, 0.25) is 0 Å². The Hall–Kier alpha value is -2.08. The number of hydrogen-bond acceptors (Lipinski definition) is 4. The fourth-order valence-electron chi connectivity index (χ4n) is 1.97. The summed E-state index contributed by atoms with van der Waals surface area (Å²) in [4.78, 5) is 24.9. The van der Waals surface area contributed by atoms with Gasteiger partial charge in [-0.2, -0.15) is 0 Å². The summed E-state index contributed by atoms with van der Waals surface area (Å²) in [6.45, 7) is 2.27. The van der Waals surface area contributed by atoms with Gasteiger partial charge in [0.05, 0.1) is 6.04 Å². The number of para-hydroxylation sites is 1. The minimum atomic E-state index is -0.162. The molecule has 0 aliphatic heterocycles. The Kier molecular flexibility index (Phi) is 7.39. The van der Waals surface area contributed by atoms with Gasteiger partial charge in [-0.15, -0.1) is 0 Å². The number of ether oxygens (including phenoxy) is 1. The Morgan fingerprint density at radius 2 is 2.00 bits per heavy atom. The van der Waals surface area contributed by atoms with Crippen molar-refractivity contribution in [2.75, 3.05) is 27.2 Å². The van der Waals surface area contributed by atoms with Crippen LogP contribution in [0.15, 0.2) is 24.3 Å². The van der Waals surface area contributed by atoms with Crippen LogP contribution in [0, 0.1) is 0 Å². The molecule has 0 radical (unpaired) electrons. The maximum atomic E-state index is 11.8. The van der Waals surface area contributed by atoms with Crippen molar-refractivity contribution in [3.05, 3.63) is 29.8 Å². The zero-order chi connectivity index (χ0) is 16.5. The van der Waals surface area contributed by atoms with E-state index in [0.717, 1.165) is 12.0 Å². The first-order valence-corrected chi connectivity index (χ1v) is 7.40. The van der Waals surface area contributed by atoms with Gasteiger partial charge in [-0.05, 0) is 12.5 Å². The molecule has 122 valence electrons. The predicted octanol–water partition coefficient (Wildman–Crippen LogP) is 1.07. The smallest absolute Gasteiger partial charge is 0.259 e. The summed E-state index contributed by atoms with van der Waals surface area (Å²) in [5, 5.41) is 2.94. The standard InChI is InChI=1S/C16H25N3O3/c1-4-13(18-15(20)9-10-17)12-7-5-6-8-14(12)22-11-16(21)19(2)3/h5-8,13H,4,9-11,17H2,1-3H3,(H,18,20). The Morgan fingerprint density at radius 1 is 1.32 bits per heavy atom. The number of hydrogen-bond donors (Lipinski definition) is 2. The molecule has 0 aliphatic rings. The largest absolute Gasteiger partial charge is 0.483 e. The van der Waals surface area contributed by atoms with E-state index in [1.807, 2.05) is 25.1 Å². The molecule has 0 aromatic heterocycles. The van der Waals surface area contributed by atoms with Gasteiger partial charge in [0.25, 0.3) is 5.91 Å². The van der Waals surface area contributed by atoms with Crippen LogP contribution in [-0.2, 0) is 9.59 Å². The van der Waals surface area contributed by atoms with Crippen molar-refractivity contribution in [2.24, 2.45) is 5.73 Å². The number of amides is 2. The van der Waals surface area contributed by atoms with Crippen LogP contribution < -0.4 is 15.8 Å². The number of rotatable bonds is 8. The Balaban J connectivity index is 2.83. The van der Waals surface area contributed by atoms with Crippen LogP contribution in [0.25, 0.3) is 0 Å². The molecule has 1 rings (SSSR count). The maximum absolute atomic E-state index is 11.8. The minimum absolute atomic E-state index is 0.0306. The first-order chi connectivity index (χ1) is 10.5. The SMILES string of the molecule is CCC(NC(=O)CCN)c1ccccc1OCC(=O)N(C)C. The molecule has 0 aliphatic carbocycles. The van der Waals surface area contributed by atoms with Crippen molar-refractivity contribution in [1.82, 2.24) is 10.2 Å². The van der Waals surface area contributed by atoms with Crippen molar-refractivity contribution >= 4 is 11.8 Å². The van der Waals surface area contributed by atoms with Crippen LogP contribution in [0.5, 0.6) is 5.75 Å². The van der Waals surface area contributed by atoms with Gasteiger partial charge in [0.1, 0.15) is 5.75 Å². The van der Waals surface area contributed by atoms with Crippen LogP contribution in [0.4, 0.5) is 0 Å². The van der Waals surface area contributed by atoms with Gasteiger partial charge in [0.2, 0.25) is 5.91 Å². The molecular formula is C16H25N3O3. The lowest BCUT2D eigenvalue weighted by Gasteiger charge is -2.21. The third kappa shape index (κ3) is 5.37. The third-order valence-corrected chi connectivity index (χ3v) is 3.26. The summed E-state index contributed by atoms with van der Waals surface area (Å²) in [6.07, 6.45) is 1.01. The average Bonchev–Trinajstić information content (AvgIpc) is 2.50. The first kappa shape index (κ1) is 18.0. The Bertz CT molecular complexity index is 503. The molecule has 6 heteroatoms. The number of likely N-dealkylation sites (N-methyl/N-ethyl adjacent to an activating group) is 1. The van der Waals surface area contributed by atoms with E-state index in [4.69, 9.17) is 10.5 Å². The number of nitrogens with two attached hydrogens (primary N) is 1. The van der Waals surface area contributed by atoms with Crippen LogP contribution in [-0.4, -0.2) is 44.0 Å². The third-order valence-electron chi connectivity index (χ3n) is 3.26. The number of carbonyl (C=O) groups excluding carboxylic acids is 2. The number of benzene rings is 1. The van der Waals surface area contributed by atoms with Crippen LogP contribution in [0.1, 0.15) is 31.4 Å². The van der Waals surface area contributed by atoms with Crippen molar-refractivity contribution in [3.8, 4) is 5.75 Å². The van der Waals surface area contributed by atoms with Crippen LogP contribution in [0.3, 0.4) is 0 Å². The maximum Gasteiger partial charge on any atom is 0.259 e. The molecule has 0 saturated heterocycles. The summed E-state index contributed by atoms with van der Waals surface area (Å²) in [5.74, 6) is 0.404. The highest BCUT2D eigenvalue weighted by atomic mass is 16.5. The second kappa shape index (κ2) is 9.04. The minimum Gasteiger partial charge on any atom is -0.483 e. The fourth-order valence-corrected chi connectivity index (χ4v) is 1.97. The number of carbonyl (C=O) groups is 2. The average molecular weight is 307 g/mol. The normalized spacial score (nSPS) is 11.6. The molecule has 2 amide bonds. The topological polar surface area (TPSA) is 84.7 Å². The molecule has 0 bridgehead atoms. The molecule has 1 aromatic carbocycles. The molecule has 1 unspecified atom stereocenters. The zero-order valence-electron chi connectivity index (χ0n) is 13.5. The van der Waals surface area contributed by atoms with Gasteiger partial charge in [0, 0.05) is 32.6 Å². The molecule has 0 fully saturated rings. The number of nitrogens with one attached hydrogen (secondary N) is 1. The van der Waals surface area contributed by atoms with E-state index < -0.39 is 0 Å². The molecule has 0 heterocycles. The van der Waals surface area contributed by atoms with Crippen molar-refractivity contribution in [3.63, 3.8) is 0 Å². The van der Waals surface area contributed by atoms with Gasteiger partial charge in [-0.1, -0.05) is 25.1 Å². The van der Waals surface area contributed by atoms with Crippen LogP contribution >= 0.6 is 0 Å². The van der Waals surface area contributed by atoms with E-state index in [-0.39, 0.29) is 24.5 Å². The highest BCUT2D eigenvalue weighted by molar-refractivity contribution is 5.77. The van der Waals surface area contributed by atoms with E-state index in [2.05, 4.69) is 5.32 Å². The van der Waals surface area contributed by atoms with E-state index >= 15 is 0 Å². The lowest BCUT2D eigenvalue weighted by Crippen LogP contribution is -2.30. The van der Waals surface area contributed by atoms with Gasteiger partial charge in [-0.3, -0.25) is 9.59 Å². The van der Waals surface area contributed by atoms with Gasteiger partial charge < -0.3 is 20.7 Å². The second-order valence-electron chi connectivity index (χ2n) is 5.18. The zero-order valence-corrected chi connectivity index (χ0v) is 13.5. The molecule has 0 saturated carbocycles. The Labute approximate surface area is 131 Å². The summed E-state index contributed by atoms with van der Waals surface area (Å²) in [7, 11) is 3.36. The second-order valence-corrected chi connectivity index (χ2v) is 5.18. The predicted molar refractivity (Wildman–Crippen MR) is 85.5 cm³/mol. The van der Waals surface area contributed by atoms with E-state index in [0.29, 0.717) is 18.7 Å². The fraction of sp³-hybridized carbons (Fsp3) is 0.500. The molecule has 1 atom stereocenters. The highest BCUT2D eigenvalue weighted by Gasteiger charge is 2.17. The lowest BCUT2D eigenvalue weighted by atomic mass is 10.0. The summed E-state index contributed by atoms with van der Waals surface area (Å²) in [6, 6.07) is 7.26. The molecule has 6 nitrogen and oxygen atoms in total. The lowest BCUT2D eigenvalue weighted by molar-refractivity contribution is -0.130. The first-order valence-electron chi connectivity index (χ1n) is 7.40. The number of nitrogens with zero attached hydrogens (tertiary/aromatic N) is 1. The molecule has 0 spiro atoms. The Morgan fingerprint density at radius 3 is 2.59 bits per heavy atom. The highest BCUT2D eigenvalue weighted by Crippen LogP contribution is 2.27. The van der Waals surface area contributed by atoms with Crippen molar-refractivity contribution in [2.45, 2.75) is 25.8 Å². The molecule has 1 aromatic rings. The monoisotopic (exact) mass is 307 g/mol. The summed E-state index contributed by atoms with van der Waals surface area (Å²) < 4.78 is 5.62. The quantitative estimate of drug-likeness (QED) is 0.752. The summed E-state index contributed by atoms with van der Waals surface area (Å²) >= 11 is 0. The van der Waals surface area contributed by atoms with Gasteiger partial charge >= 0.3 is 0 Å². The van der Waals surface area contributed by atoms with Crippen molar-refractivity contribution < 1.29 is 14.3 Å². The molecular weight excluding hydrogens is 282 g/mol.